The molecule has 0 atom stereocenters. The zero-order valence-corrected chi connectivity index (χ0v) is 4.59. The third-order valence-corrected chi connectivity index (χ3v) is 0.980. The van der Waals surface area contributed by atoms with Gasteiger partial charge in [0.25, 0.3) is 0 Å². The van der Waals surface area contributed by atoms with E-state index in [4.69, 9.17) is 0 Å². The van der Waals surface area contributed by atoms with Crippen LogP contribution in [0.3, 0.4) is 0 Å². The van der Waals surface area contributed by atoms with Gasteiger partial charge in [-0.1, -0.05) is 36.9 Å². The molecule has 0 N–H and O–H groups in total. The lowest BCUT2D eigenvalue weighted by atomic mass is 10.2. The molecule has 0 nitrogen and oxygen atoms in total. The second-order valence-electron chi connectivity index (χ2n) is 1.54. The van der Waals surface area contributed by atoms with Crippen LogP contribution in [0.15, 0.2) is 30.8 Å². The van der Waals surface area contributed by atoms with Crippen LogP contribution in [0.2, 0.25) is 0 Å². The standard InChI is InChI=1S/C8H7.Mg.2H/c1-2-8-6-4-3-5-7-8;;;/h2,4-7H,1H2;;;. The molecule has 0 fully saturated rings. The van der Waals surface area contributed by atoms with Crippen LogP contribution in [-0.4, -0.2) is 23.1 Å². The van der Waals surface area contributed by atoms with Crippen molar-refractivity contribution in [2.24, 2.45) is 0 Å². The summed E-state index contributed by atoms with van der Waals surface area (Å²) in [5.74, 6) is 0. The van der Waals surface area contributed by atoms with Gasteiger partial charge in [-0.05, 0) is 11.6 Å². The van der Waals surface area contributed by atoms with Gasteiger partial charge in [-0.3, -0.25) is 0 Å². The summed E-state index contributed by atoms with van der Waals surface area (Å²) in [5, 5.41) is 0. The molecule has 0 bridgehead atoms. The van der Waals surface area contributed by atoms with E-state index in [0.717, 1.165) is 5.56 Å². The van der Waals surface area contributed by atoms with Gasteiger partial charge in [-0.25, -0.2) is 0 Å². The number of hydrogen-bond donors (Lipinski definition) is 0. The largest absolute Gasteiger partial charge is 0.316 e. The molecule has 0 aliphatic rings. The Labute approximate surface area is 71.7 Å². The molecular formula is C8H9Mg. The fraction of sp³-hybridized carbons (Fsp3) is 0. The zero-order valence-electron chi connectivity index (χ0n) is 4.59. The van der Waals surface area contributed by atoms with Gasteiger partial charge in [0.2, 0.25) is 0 Å². The average molecular weight is 129 g/mol. The van der Waals surface area contributed by atoms with E-state index in [9.17, 15) is 0 Å². The summed E-state index contributed by atoms with van der Waals surface area (Å²) in [7, 11) is 0. The Morgan fingerprint density at radius 2 is 1.89 bits per heavy atom. The van der Waals surface area contributed by atoms with Crippen LogP contribution in [0.25, 0.3) is 6.08 Å². The monoisotopic (exact) mass is 129 g/mol. The van der Waals surface area contributed by atoms with Crippen molar-refractivity contribution in [3.63, 3.8) is 0 Å². The predicted octanol–water partition coefficient (Wildman–Crippen LogP) is 1.21. The summed E-state index contributed by atoms with van der Waals surface area (Å²) < 4.78 is 0. The van der Waals surface area contributed by atoms with Crippen molar-refractivity contribution in [1.82, 2.24) is 0 Å². The summed E-state index contributed by atoms with van der Waals surface area (Å²) >= 11 is 0. The fourth-order valence-electron chi connectivity index (χ4n) is 0.536. The zero-order chi connectivity index (χ0) is 5.82. The Morgan fingerprint density at radius 1 is 1.33 bits per heavy atom. The van der Waals surface area contributed by atoms with Crippen LogP contribution in [0.5, 0.6) is 0 Å². The Bertz CT molecular complexity index is 167. The van der Waals surface area contributed by atoms with Crippen LogP contribution in [0.1, 0.15) is 5.56 Å². The first-order valence-electron chi connectivity index (χ1n) is 2.52. The minimum Gasteiger partial charge on any atom is -0.0985 e. The molecule has 1 heteroatoms. The van der Waals surface area contributed by atoms with Crippen LogP contribution in [-0.2, 0) is 0 Å². The van der Waals surface area contributed by atoms with Crippen molar-refractivity contribution in [2.45, 2.75) is 0 Å². The third kappa shape index (κ3) is 2.68. The first-order chi connectivity index (χ1) is 3.93. The smallest absolute Gasteiger partial charge is 0.0985 e. The lowest BCUT2D eigenvalue weighted by Crippen LogP contribution is -1.64. The second kappa shape index (κ2) is 4.59. The van der Waals surface area contributed by atoms with E-state index in [1.54, 1.807) is 0 Å². The van der Waals surface area contributed by atoms with Crippen molar-refractivity contribution in [2.75, 3.05) is 0 Å². The van der Waals surface area contributed by atoms with Gasteiger partial charge in [-0.2, -0.15) is 0 Å². The van der Waals surface area contributed by atoms with Gasteiger partial charge < -0.3 is 0 Å². The number of rotatable bonds is 1. The Balaban J connectivity index is 0.000000640. The third-order valence-electron chi connectivity index (χ3n) is 0.980. The summed E-state index contributed by atoms with van der Waals surface area (Å²) in [6.45, 7) is 3.62. The van der Waals surface area contributed by atoms with Gasteiger partial charge in [0.15, 0.2) is 0 Å². The average Bonchev–Trinajstić information content (AvgIpc) is 1.90. The van der Waals surface area contributed by atoms with Crippen molar-refractivity contribution < 1.29 is 0 Å². The predicted molar refractivity (Wildman–Crippen MR) is 43.9 cm³/mol. The molecule has 0 spiro atoms. The van der Waals surface area contributed by atoms with Crippen molar-refractivity contribution >= 4 is 29.1 Å². The van der Waals surface area contributed by atoms with Crippen LogP contribution >= 0.6 is 0 Å². The minimum atomic E-state index is 0. The quantitative estimate of drug-likeness (QED) is 0.500. The summed E-state index contributed by atoms with van der Waals surface area (Å²) in [6, 6.07) is 10.6. The van der Waals surface area contributed by atoms with Gasteiger partial charge in [0, 0.05) is 0 Å². The topological polar surface area (TPSA) is 0 Å². The summed E-state index contributed by atoms with van der Waals surface area (Å²) in [6.07, 6.45) is 1.81. The molecule has 1 rings (SSSR count). The summed E-state index contributed by atoms with van der Waals surface area (Å²) in [5.41, 5.74) is 1.14. The SMILES string of the molecule is C=Cc1cc[c]cc1.[MgH2]. The molecule has 43 valence electrons. The van der Waals surface area contributed by atoms with Crippen molar-refractivity contribution in [3.8, 4) is 0 Å². The highest BCUT2D eigenvalue weighted by atomic mass is 24.3. The number of hydrogen-bond acceptors (Lipinski definition) is 0. The van der Waals surface area contributed by atoms with Crippen LogP contribution in [0, 0.1) is 6.07 Å². The molecule has 9 heavy (non-hydrogen) atoms. The molecular weight excluding hydrogens is 120 g/mol. The van der Waals surface area contributed by atoms with Gasteiger partial charge in [-0.15, -0.1) is 0 Å². The normalized spacial score (nSPS) is 7.56. The van der Waals surface area contributed by atoms with Gasteiger partial charge >= 0.3 is 23.1 Å². The molecule has 0 saturated heterocycles. The lowest BCUT2D eigenvalue weighted by molar-refractivity contribution is 1.65. The van der Waals surface area contributed by atoms with Crippen molar-refractivity contribution in [3.05, 3.63) is 42.5 Å². The van der Waals surface area contributed by atoms with Crippen LogP contribution < -0.4 is 0 Å². The maximum absolute atomic E-state index is 3.62. The van der Waals surface area contributed by atoms with E-state index in [1.165, 1.54) is 0 Å². The van der Waals surface area contributed by atoms with Crippen LogP contribution in [0.4, 0.5) is 0 Å². The lowest BCUT2D eigenvalue weighted by Gasteiger charge is -1.84. The molecule has 0 aromatic heterocycles. The highest BCUT2D eigenvalue weighted by Crippen LogP contribution is 1.96. The second-order valence-corrected chi connectivity index (χ2v) is 1.54. The molecule has 0 saturated carbocycles. The van der Waals surface area contributed by atoms with Crippen molar-refractivity contribution in [1.29, 1.82) is 0 Å². The molecule has 1 aromatic carbocycles. The summed E-state index contributed by atoms with van der Waals surface area (Å²) in [4.78, 5) is 0. The van der Waals surface area contributed by atoms with E-state index >= 15 is 0 Å². The Hall–Kier alpha value is -0.274. The number of benzene rings is 1. The molecule has 1 radical (unpaired) electrons. The molecule has 0 amide bonds. The maximum Gasteiger partial charge on any atom is 0.316 e. The van der Waals surface area contributed by atoms with E-state index in [-0.39, 0.29) is 23.1 Å². The Kier molecular flexibility index (Phi) is 4.45. The van der Waals surface area contributed by atoms with Gasteiger partial charge in [0.05, 0.1) is 0 Å². The molecule has 0 aliphatic carbocycles. The first kappa shape index (κ1) is 8.73. The first-order valence-corrected chi connectivity index (χ1v) is 2.52. The van der Waals surface area contributed by atoms with E-state index in [1.807, 2.05) is 30.3 Å². The van der Waals surface area contributed by atoms with E-state index < -0.39 is 0 Å². The molecule has 0 unspecified atom stereocenters. The molecule has 0 aliphatic heterocycles. The highest BCUT2D eigenvalue weighted by molar-refractivity contribution is 5.75. The van der Waals surface area contributed by atoms with E-state index in [0.29, 0.717) is 0 Å². The molecule has 0 heterocycles. The highest BCUT2D eigenvalue weighted by Gasteiger charge is 1.76. The van der Waals surface area contributed by atoms with E-state index in [2.05, 4.69) is 12.6 Å². The Morgan fingerprint density at radius 3 is 2.22 bits per heavy atom. The molecule has 1 aromatic rings. The minimum absolute atomic E-state index is 0. The van der Waals surface area contributed by atoms with Gasteiger partial charge in [0.1, 0.15) is 0 Å². The fourth-order valence-corrected chi connectivity index (χ4v) is 0.536. The maximum atomic E-state index is 3.62.